The topological polar surface area (TPSA) is 26.3 Å². The fraction of sp³-hybridized carbons (Fsp3) is 0.381. The Hall–Kier alpha value is -1.92. The highest BCUT2D eigenvalue weighted by Gasteiger charge is 2.62. The Balaban J connectivity index is 2.55. The highest BCUT2D eigenvalue weighted by molar-refractivity contribution is 6.14. The third kappa shape index (κ3) is 2.61. The molecule has 1 atom stereocenters. The molecule has 0 radical (unpaired) electrons. The van der Waals surface area contributed by atoms with Gasteiger partial charge in [0.15, 0.2) is 5.78 Å². The Morgan fingerprint density at radius 2 is 1.63 bits per heavy atom. The Morgan fingerprint density at radius 3 is 2.15 bits per heavy atom. The lowest BCUT2D eigenvalue weighted by Gasteiger charge is -2.42. The van der Waals surface area contributed by atoms with Gasteiger partial charge in [-0.25, -0.2) is 0 Å². The Kier molecular flexibility index (Phi) is 5.07. The molecule has 0 amide bonds. The normalized spacial score (nSPS) is 19.1. The van der Waals surface area contributed by atoms with Crippen LogP contribution in [0.3, 0.4) is 0 Å². The van der Waals surface area contributed by atoms with Crippen molar-refractivity contribution >= 4 is 16.3 Å². The molecule has 1 aliphatic carbocycles. The van der Waals surface area contributed by atoms with Crippen molar-refractivity contribution < 1.29 is 22.4 Å². The van der Waals surface area contributed by atoms with Crippen molar-refractivity contribution in [2.45, 2.75) is 51.8 Å². The van der Waals surface area contributed by atoms with E-state index in [1.54, 1.807) is 12.1 Å². The Bertz CT molecular complexity index is 905. The molecular weight excluding hydrogens is 369 g/mol. The molecule has 1 unspecified atom stereocenters. The first kappa shape index (κ1) is 19.8. The van der Waals surface area contributed by atoms with Gasteiger partial charge in [-0.15, -0.1) is 0 Å². The second kappa shape index (κ2) is 6.91. The van der Waals surface area contributed by atoms with Gasteiger partial charge in [0.05, 0.1) is 0 Å². The van der Waals surface area contributed by atoms with E-state index in [-0.39, 0.29) is 38.5 Å². The quantitative estimate of drug-likeness (QED) is 0.735. The van der Waals surface area contributed by atoms with E-state index in [9.17, 15) is 18.0 Å². The fourth-order valence-electron chi connectivity index (χ4n) is 4.43. The average molecular weight is 392 g/mol. The number of carbonyl (C=O) groups is 1. The minimum absolute atomic E-state index is 0.0420. The van der Waals surface area contributed by atoms with Crippen LogP contribution in [-0.4, -0.2) is 22.4 Å². The summed E-state index contributed by atoms with van der Waals surface area (Å²) in [5.41, 5.74) is 0.0943. The van der Waals surface area contributed by atoms with Crippen molar-refractivity contribution in [2.24, 2.45) is 0 Å². The zero-order valence-electron chi connectivity index (χ0n) is 16.0. The van der Waals surface area contributed by atoms with Crippen LogP contribution in [0.4, 0.5) is 13.2 Å². The first-order valence-electron chi connectivity index (χ1n) is 9.22. The summed E-state index contributed by atoms with van der Waals surface area (Å²) >= 11 is 0. The molecule has 2 aromatic rings. The van der Waals surface area contributed by atoms with E-state index < -0.39 is 11.8 Å². The number of halogens is 3. The lowest BCUT2D eigenvalue weighted by Crippen LogP contribution is -2.50. The standard InChI is InChI=1S/C21H23F3O2Si/c1-4-12-11-17-18(14(6-3)13(12)5-2)19(25)15-9-7-8-10-16(15)20(17,26-27)21(22,23)24/h7-11H,4-6H2,1-3,27H3. The van der Waals surface area contributed by atoms with Crippen molar-refractivity contribution in [1.82, 2.24) is 0 Å². The van der Waals surface area contributed by atoms with E-state index in [1.807, 2.05) is 20.8 Å². The molecule has 0 N–H and O–H groups in total. The van der Waals surface area contributed by atoms with E-state index in [1.165, 1.54) is 18.2 Å². The molecule has 3 rings (SSSR count). The van der Waals surface area contributed by atoms with Crippen LogP contribution in [0.15, 0.2) is 30.3 Å². The molecule has 27 heavy (non-hydrogen) atoms. The van der Waals surface area contributed by atoms with Gasteiger partial charge in [-0.05, 0) is 36.0 Å². The molecule has 0 aliphatic heterocycles. The highest BCUT2D eigenvalue weighted by atomic mass is 28.2. The number of fused-ring (bicyclic) bond motifs is 2. The van der Waals surface area contributed by atoms with E-state index in [4.69, 9.17) is 4.43 Å². The van der Waals surface area contributed by atoms with Gasteiger partial charge >= 0.3 is 6.18 Å². The summed E-state index contributed by atoms with van der Waals surface area (Å²) in [7, 11) is -0.118. The molecule has 1 aliphatic rings. The third-order valence-corrected chi connectivity index (χ3v) is 6.20. The van der Waals surface area contributed by atoms with Gasteiger partial charge in [0, 0.05) is 22.3 Å². The predicted octanol–water partition coefficient (Wildman–Crippen LogP) is 4.02. The van der Waals surface area contributed by atoms with Gasteiger partial charge in [-0.1, -0.05) is 51.1 Å². The minimum atomic E-state index is -4.68. The Morgan fingerprint density at radius 1 is 1.00 bits per heavy atom. The van der Waals surface area contributed by atoms with E-state index in [0.717, 1.165) is 16.7 Å². The number of ketones is 1. The lowest BCUT2D eigenvalue weighted by atomic mass is 9.70. The molecule has 0 fully saturated rings. The van der Waals surface area contributed by atoms with Crippen molar-refractivity contribution in [3.63, 3.8) is 0 Å². The number of carbonyl (C=O) groups excluding carboxylic acids is 1. The average Bonchev–Trinajstić information content (AvgIpc) is 2.66. The van der Waals surface area contributed by atoms with Crippen LogP contribution in [-0.2, 0) is 29.3 Å². The van der Waals surface area contributed by atoms with Crippen LogP contribution >= 0.6 is 0 Å². The van der Waals surface area contributed by atoms with Crippen LogP contribution < -0.4 is 0 Å². The summed E-state index contributed by atoms with van der Waals surface area (Å²) in [6, 6.07) is 7.53. The first-order chi connectivity index (χ1) is 12.8. The maximum absolute atomic E-state index is 14.5. The number of benzene rings is 2. The second-order valence-electron chi connectivity index (χ2n) is 6.73. The highest BCUT2D eigenvalue weighted by Crippen LogP contribution is 2.53. The largest absolute Gasteiger partial charge is 0.425 e. The van der Waals surface area contributed by atoms with Crippen LogP contribution in [0, 0.1) is 0 Å². The van der Waals surface area contributed by atoms with Gasteiger partial charge in [0.2, 0.25) is 5.60 Å². The lowest BCUT2D eigenvalue weighted by molar-refractivity contribution is -0.237. The van der Waals surface area contributed by atoms with Crippen molar-refractivity contribution in [3.05, 3.63) is 69.3 Å². The summed E-state index contributed by atoms with van der Waals surface area (Å²) in [5.74, 6) is -0.339. The van der Waals surface area contributed by atoms with Crippen LogP contribution in [0.25, 0.3) is 0 Å². The molecule has 6 heteroatoms. The molecule has 0 spiro atoms. The second-order valence-corrected chi connectivity index (χ2v) is 7.14. The summed E-state index contributed by atoms with van der Waals surface area (Å²) in [6.07, 6.45) is -2.89. The maximum Gasteiger partial charge on any atom is 0.425 e. The van der Waals surface area contributed by atoms with Crippen molar-refractivity contribution in [2.75, 3.05) is 0 Å². The number of hydrogen-bond acceptors (Lipinski definition) is 2. The summed E-state index contributed by atoms with van der Waals surface area (Å²) in [6.45, 7) is 5.79. The molecule has 0 aromatic heterocycles. The molecule has 0 saturated carbocycles. The monoisotopic (exact) mass is 392 g/mol. The van der Waals surface area contributed by atoms with E-state index in [2.05, 4.69) is 0 Å². The summed E-state index contributed by atoms with van der Waals surface area (Å²) < 4.78 is 48.9. The van der Waals surface area contributed by atoms with Crippen LogP contribution in [0.1, 0.15) is 64.5 Å². The zero-order chi connectivity index (χ0) is 20.0. The molecule has 2 nitrogen and oxygen atoms in total. The van der Waals surface area contributed by atoms with E-state index in [0.29, 0.717) is 19.3 Å². The molecule has 0 saturated heterocycles. The first-order valence-corrected chi connectivity index (χ1v) is 10.0. The van der Waals surface area contributed by atoms with Gasteiger partial charge in [0.1, 0.15) is 10.5 Å². The van der Waals surface area contributed by atoms with Gasteiger partial charge in [-0.2, -0.15) is 13.2 Å². The number of aryl methyl sites for hydroxylation is 1. The van der Waals surface area contributed by atoms with Gasteiger partial charge in [0.25, 0.3) is 0 Å². The SMILES string of the molecule is CCc1cc2c(c(CC)c1CC)C(=O)c1ccccc1C2(O[SiH3])C(F)(F)F. The van der Waals surface area contributed by atoms with Crippen molar-refractivity contribution in [3.8, 4) is 0 Å². The van der Waals surface area contributed by atoms with E-state index >= 15 is 0 Å². The van der Waals surface area contributed by atoms with Crippen LogP contribution in [0.5, 0.6) is 0 Å². The molecule has 0 bridgehead atoms. The predicted molar refractivity (Wildman–Crippen MR) is 102 cm³/mol. The molecule has 2 aromatic carbocycles. The maximum atomic E-state index is 14.5. The number of rotatable bonds is 4. The fourth-order valence-corrected chi connectivity index (χ4v) is 5.10. The number of alkyl halides is 3. The van der Waals surface area contributed by atoms with Crippen molar-refractivity contribution in [1.29, 1.82) is 0 Å². The zero-order valence-corrected chi connectivity index (χ0v) is 18.0. The smallest absolute Gasteiger partial charge is 0.408 e. The third-order valence-electron chi connectivity index (χ3n) is 5.59. The molecule has 144 valence electrons. The Labute approximate surface area is 160 Å². The van der Waals surface area contributed by atoms with Gasteiger partial charge in [-0.3, -0.25) is 4.79 Å². The summed E-state index contributed by atoms with van der Waals surface area (Å²) in [4.78, 5) is 13.3. The number of hydrogen-bond donors (Lipinski definition) is 0. The molecule has 0 heterocycles. The molecular formula is C21H23F3O2Si. The van der Waals surface area contributed by atoms with Gasteiger partial charge < -0.3 is 4.43 Å². The summed E-state index contributed by atoms with van der Waals surface area (Å²) in [5, 5.41) is 0. The minimum Gasteiger partial charge on any atom is -0.408 e. The van der Waals surface area contributed by atoms with Crippen LogP contribution in [0.2, 0.25) is 0 Å².